The molecule has 9 heteroatoms. The molecule has 8 nitrogen and oxygen atoms in total. The van der Waals surface area contributed by atoms with Gasteiger partial charge in [0.15, 0.2) is 11.5 Å². The summed E-state index contributed by atoms with van der Waals surface area (Å²) >= 11 is 3.37. The molecular formula is C21H16BrN3O5. The monoisotopic (exact) mass is 469 g/mol. The van der Waals surface area contributed by atoms with Crippen LogP contribution in [0.2, 0.25) is 0 Å². The number of non-ortho nitro benzene ring substituents is 1. The molecule has 0 aliphatic carbocycles. The minimum atomic E-state index is -0.709. The van der Waals surface area contributed by atoms with Crippen molar-refractivity contribution in [2.75, 3.05) is 18.5 Å². The summed E-state index contributed by atoms with van der Waals surface area (Å²) in [5.41, 5.74) is 0.324. The molecule has 0 aliphatic rings. The van der Waals surface area contributed by atoms with Gasteiger partial charge >= 0.3 is 0 Å². The minimum absolute atomic E-state index is 0.0446. The van der Waals surface area contributed by atoms with Gasteiger partial charge in [0.25, 0.3) is 11.6 Å². The lowest BCUT2D eigenvalue weighted by atomic mass is 10.1. The van der Waals surface area contributed by atoms with Crippen LogP contribution >= 0.6 is 15.9 Å². The van der Waals surface area contributed by atoms with Crippen molar-refractivity contribution in [1.29, 1.82) is 5.26 Å². The highest BCUT2D eigenvalue weighted by Crippen LogP contribution is 2.37. The molecule has 0 radical (unpaired) electrons. The molecule has 1 N–H and O–H groups in total. The second-order valence-corrected chi connectivity index (χ2v) is 6.54. The number of nitriles is 1. The number of carbonyl (C=O) groups excluding carboxylic acids is 1. The molecule has 2 aromatic carbocycles. The van der Waals surface area contributed by atoms with E-state index in [1.807, 2.05) is 6.07 Å². The second-order valence-electron chi connectivity index (χ2n) is 5.69. The van der Waals surface area contributed by atoms with Gasteiger partial charge < -0.3 is 14.8 Å². The van der Waals surface area contributed by atoms with Gasteiger partial charge in [-0.05, 0) is 52.7 Å². The quantitative estimate of drug-likeness (QED) is 0.202. The summed E-state index contributed by atoms with van der Waals surface area (Å²) in [7, 11) is 0. The number of rotatable bonds is 8. The van der Waals surface area contributed by atoms with E-state index in [-0.39, 0.29) is 23.6 Å². The van der Waals surface area contributed by atoms with Crippen molar-refractivity contribution in [2.24, 2.45) is 0 Å². The van der Waals surface area contributed by atoms with Crippen molar-refractivity contribution in [3.8, 4) is 29.9 Å². The van der Waals surface area contributed by atoms with E-state index < -0.39 is 10.8 Å². The van der Waals surface area contributed by atoms with Crippen molar-refractivity contribution in [3.05, 3.63) is 62.1 Å². The zero-order valence-corrected chi connectivity index (χ0v) is 17.4. The Balaban J connectivity index is 2.33. The van der Waals surface area contributed by atoms with E-state index >= 15 is 0 Å². The molecule has 2 aromatic rings. The highest BCUT2D eigenvalue weighted by Gasteiger charge is 2.15. The van der Waals surface area contributed by atoms with Crippen LogP contribution in [0.5, 0.6) is 11.5 Å². The number of halogens is 1. The third kappa shape index (κ3) is 5.84. The Morgan fingerprint density at radius 1 is 1.37 bits per heavy atom. The number of anilines is 1. The summed E-state index contributed by atoms with van der Waals surface area (Å²) in [6, 6.07) is 10.5. The van der Waals surface area contributed by atoms with Crippen LogP contribution in [0.4, 0.5) is 11.4 Å². The minimum Gasteiger partial charge on any atom is -0.490 e. The van der Waals surface area contributed by atoms with E-state index in [4.69, 9.17) is 15.9 Å². The molecule has 0 unspecified atom stereocenters. The van der Waals surface area contributed by atoms with E-state index in [0.29, 0.717) is 28.1 Å². The average Bonchev–Trinajstić information content (AvgIpc) is 2.71. The third-order valence-corrected chi connectivity index (χ3v) is 4.21. The predicted molar refractivity (Wildman–Crippen MR) is 115 cm³/mol. The first-order valence-electron chi connectivity index (χ1n) is 8.59. The maximum absolute atomic E-state index is 12.5. The molecular weight excluding hydrogens is 454 g/mol. The number of hydrogen-bond donors (Lipinski definition) is 1. The van der Waals surface area contributed by atoms with Gasteiger partial charge in [-0.25, -0.2) is 0 Å². The fourth-order valence-corrected chi connectivity index (χ4v) is 2.97. The molecule has 1 amide bonds. The highest BCUT2D eigenvalue weighted by molar-refractivity contribution is 9.10. The van der Waals surface area contributed by atoms with Crippen molar-refractivity contribution in [3.63, 3.8) is 0 Å². The fraction of sp³-hybridized carbons (Fsp3) is 0.143. The zero-order chi connectivity index (χ0) is 22.1. The molecule has 0 atom stereocenters. The van der Waals surface area contributed by atoms with Gasteiger partial charge in [-0.15, -0.1) is 6.42 Å². The molecule has 2 rings (SSSR count). The van der Waals surface area contributed by atoms with E-state index in [0.717, 1.165) is 0 Å². The summed E-state index contributed by atoms with van der Waals surface area (Å²) in [6.45, 7) is 2.21. The lowest BCUT2D eigenvalue weighted by molar-refractivity contribution is -0.384. The van der Waals surface area contributed by atoms with Crippen molar-refractivity contribution in [2.45, 2.75) is 6.92 Å². The zero-order valence-electron chi connectivity index (χ0n) is 15.8. The smallest absolute Gasteiger partial charge is 0.271 e. The maximum atomic E-state index is 12.5. The molecule has 0 spiro atoms. The van der Waals surface area contributed by atoms with Crippen LogP contribution in [0.1, 0.15) is 12.5 Å². The maximum Gasteiger partial charge on any atom is 0.271 e. The molecule has 0 aliphatic heterocycles. The third-order valence-electron chi connectivity index (χ3n) is 3.62. The first kappa shape index (κ1) is 22.5. The number of amides is 1. The van der Waals surface area contributed by atoms with Crippen molar-refractivity contribution < 1.29 is 19.2 Å². The first-order chi connectivity index (χ1) is 14.4. The number of hydrogen-bond acceptors (Lipinski definition) is 6. The Kier molecular flexibility index (Phi) is 7.98. The number of terminal acetylenes is 1. The Morgan fingerprint density at radius 2 is 2.13 bits per heavy atom. The highest BCUT2D eigenvalue weighted by atomic mass is 79.9. The average molecular weight is 470 g/mol. The van der Waals surface area contributed by atoms with Crippen molar-refractivity contribution in [1.82, 2.24) is 0 Å². The van der Waals surface area contributed by atoms with Crippen LogP contribution < -0.4 is 14.8 Å². The van der Waals surface area contributed by atoms with E-state index in [1.165, 1.54) is 30.3 Å². The Labute approximate surface area is 181 Å². The van der Waals surface area contributed by atoms with E-state index in [2.05, 4.69) is 27.2 Å². The normalized spacial score (nSPS) is 10.5. The van der Waals surface area contributed by atoms with Gasteiger partial charge in [-0.1, -0.05) is 12.0 Å². The lowest BCUT2D eigenvalue weighted by Gasteiger charge is -2.13. The predicted octanol–water partition coefficient (Wildman–Crippen LogP) is 4.31. The number of ether oxygens (including phenoxy) is 2. The van der Waals surface area contributed by atoms with Crippen LogP contribution in [0.3, 0.4) is 0 Å². The summed E-state index contributed by atoms with van der Waals surface area (Å²) in [5, 5.41) is 22.8. The SMILES string of the molecule is C#CCOc1c(Br)cc(/C=C(\C#N)C(=O)Nc2cccc([N+](=O)[O-])c2)cc1OCC. The largest absolute Gasteiger partial charge is 0.490 e. The van der Waals surface area contributed by atoms with Crippen LogP contribution in [-0.4, -0.2) is 24.0 Å². The number of benzene rings is 2. The molecule has 0 bridgehead atoms. The van der Waals surface area contributed by atoms with Gasteiger partial charge in [-0.2, -0.15) is 5.26 Å². The van der Waals surface area contributed by atoms with E-state index in [1.54, 1.807) is 19.1 Å². The fourth-order valence-electron chi connectivity index (χ4n) is 2.40. The van der Waals surface area contributed by atoms with Crippen LogP contribution in [-0.2, 0) is 4.79 Å². The number of nitro groups is 1. The number of nitrogens with one attached hydrogen (secondary N) is 1. The number of carbonyl (C=O) groups is 1. The summed E-state index contributed by atoms with van der Waals surface area (Å²) < 4.78 is 11.6. The molecule has 0 heterocycles. The lowest BCUT2D eigenvalue weighted by Crippen LogP contribution is -2.13. The van der Waals surface area contributed by atoms with Crippen LogP contribution in [0, 0.1) is 33.8 Å². The molecule has 0 saturated heterocycles. The van der Waals surface area contributed by atoms with Gasteiger partial charge in [0.05, 0.1) is 16.0 Å². The molecule has 0 aromatic heterocycles. The number of nitro benzene ring substituents is 1. The van der Waals surface area contributed by atoms with Gasteiger partial charge in [-0.3, -0.25) is 14.9 Å². The van der Waals surface area contributed by atoms with Gasteiger partial charge in [0, 0.05) is 17.8 Å². The summed E-state index contributed by atoms with van der Waals surface area (Å²) in [4.78, 5) is 22.8. The van der Waals surface area contributed by atoms with Gasteiger partial charge in [0.1, 0.15) is 18.2 Å². The molecule has 30 heavy (non-hydrogen) atoms. The molecule has 0 saturated carbocycles. The molecule has 152 valence electrons. The Bertz CT molecular complexity index is 1080. The Hall–Kier alpha value is -3.82. The topological polar surface area (TPSA) is 114 Å². The Morgan fingerprint density at radius 3 is 2.77 bits per heavy atom. The molecule has 0 fully saturated rings. The van der Waals surface area contributed by atoms with Crippen LogP contribution in [0.25, 0.3) is 6.08 Å². The van der Waals surface area contributed by atoms with Gasteiger partial charge in [0.2, 0.25) is 0 Å². The van der Waals surface area contributed by atoms with Crippen LogP contribution in [0.15, 0.2) is 46.4 Å². The summed E-state index contributed by atoms with van der Waals surface area (Å²) in [6.07, 6.45) is 6.59. The number of nitrogens with zero attached hydrogens (tertiary/aromatic N) is 2. The standard InChI is InChI=1S/C21H16BrN3O5/c1-3-8-30-20-18(22)10-14(11-19(20)29-4-2)9-15(13-23)21(26)24-16-6-5-7-17(12-16)25(27)28/h1,5-7,9-12H,4,8H2,2H3,(H,24,26)/b15-9+. The van der Waals surface area contributed by atoms with Crippen molar-refractivity contribution >= 4 is 39.3 Å². The summed E-state index contributed by atoms with van der Waals surface area (Å²) in [5.74, 6) is 2.46. The van der Waals surface area contributed by atoms with E-state index in [9.17, 15) is 20.2 Å². The first-order valence-corrected chi connectivity index (χ1v) is 9.39. The second kappa shape index (κ2) is 10.6.